The quantitative estimate of drug-likeness (QED) is 0.327. The van der Waals surface area contributed by atoms with Gasteiger partial charge in [-0.15, -0.1) is 24.0 Å². The molecule has 1 fully saturated rings. The topological polar surface area (TPSA) is 39.7 Å². The maximum atomic E-state index is 4.37. The summed E-state index contributed by atoms with van der Waals surface area (Å²) in [6.07, 6.45) is 4.88. The van der Waals surface area contributed by atoms with E-state index in [4.69, 9.17) is 0 Å². The van der Waals surface area contributed by atoms with Gasteiger partial charge in [-0.3, -0.25) is 4.99 Å². The van der Waals surface area contributed by atoms with Gasteiger partial charge in [0.15, 0.2) is 5.96 Å². The first-order valence-corrected chi connectivity index (χ1v) is 9.95. The zero-order chi connectivity index (χ0) is 17.9. The lowest BCUT2D eigenvalue weighted by Crippen LogP contribution is -2.42. The molecule has 1 aliphatic heterocycles. The van der Waals surface area contributed by atoms with E-state index >= 15 is 0 Å². The lowest BCUT2D eigenvalue weighted by molar-refractivity contribution is 0.328. The van der Waals surface area contributed by atoms with Gasteiger partial charge in [0.25, 0.3) is 0 Å². The number of aliphatic imine (C=N–C) groups is 1. The second kappa shape index (κ2) is 13.4. The second-order valence-electron chi connectivity index (χ2n) is 7.21. The molecule has 0 amide bonds. The molecule has 26 heavy (non-hydrogen) atoms. The molecule has 1 heterocycles. The molecule has 1 aromatic rings. The molecule has 1 aromatic carbocycles. The van der Waals surface area contributed by atoms with Gasteiger partial charge in [-0.1, -0.05) is 57.0 Å². The lowest BCUT2D eigenvalue weighted by Gasteiger charge is -2.19. The van der Waals surface area contributed by atoms with E-state index in [1.807, 2.05) is 7.05 Å². The Morgan fingerprint density at radius 1 is 1.19 bits per heavy atom. The average molecular weight is 472 g/mol. The van der Waals surface area contributed by atoms with Crippen molar-refractivity contribution in [3.63, 3.8) is 0 Å². The van der Waals surface area contributed by atoms with Crippen LogP contribution in [0.2, 0.25) is 0 Å². The third kappa shape index (κ3) is 8.25. The molecule has 2 N–H and O–H groups in total. The van der Waals surface area contributed by atoms with Crippen molar-refractivity contribution in [3.8, 4) is 0 Å². The van der Waals surface area contributed by atoms with Crippen molar-refractivity contribution in [3.05, 3.63) is 35.9 Å². The van der Waals surface area contributed by atoms with Crippen molar-refractivity contribution in [2.75, 3.05) is 39.8 Å². The Morgan fingerprint density at radius 2 is 1.92 bits per heavy atom. The van der Waals surface area contributed by atoms with E-state index in [0.29, 0.717) is 0 Å². The van der Waals surface area contributed by atoms with Crippen molar-refractivity contribution >= 4 is 29.9 Å². The van der Waals surface area contributed by atoms with E-state index in [9.17, 15) is 0 Å². The minimum Gasteiger partial charge on any atom is -0.356 e. The molecule has 0 aliphatic carbocycles. The largest absolute Gasteiger partial charge is 0.356 e. The summed E-state index contributed by atoms with van der Waals surface area (Å²) in [7, 11) is 1.86. The summed E-state index contributed by atoms with van der Waals surface area (Å²) < 4.78 is 0. The first kappa shape index (κ1) is 23.2. The van der Waals surface area contributed by atoms with Crippen LogP contribution in [-0.2, 0) is 6.42 Å². The molecule has 1 aliphatic rings. The highest BCUT2D eigenvalue weighted by Gasteiger charge is 2.22. The summed E-state index contributed by atoms with van der Waals surface area (Å²) in [6, 6.07) is 10.8. The van der Waals surface area contributed by atoms with Crippen LogP contribution in [0.25, 0.3) is 0 Å². The molecule has 2 rings (SSSR count). The smallest absolute Gasteiger partial charge is 0.190 e. The number of rotatable bonds is 9. The summed E-state index contributed by atoms with van der Waals surface area (Å²) in [6.45, 7) is 10.1. The molecule has 0 bridgehead atoms. The Balaban J connectivity index is 0.00000338. The predicted octanol–water partition coefficient (Wildman–Crippen LogP) is 3.77. The highest BCUT2D eigenvalue weighted by molar-refractivity contribution is 14.0. The fourth-order valence-electron chi connectivity index (χ4n) is 3.49. The van der Waals surface area contributed by atoms with Crippen molar-refractivity contribution in [2.45, 2.75) is 39.5 Å². The Kier molecular flexibility index (Phi) is 11.9. The van der Waals surface area contributed by atoms with Gasteiger partial charge in [0.2, 0.25) is 0 Å². The van der Waals surface area contributed by atoms with Crippen molar-refractivity contribution in [1.82, 2.24) is 15.5 Å². The highest BCUT2D eigenvalue weighted by Crippen LogP contribution is 2.16. The number of hydrogen-bond donors (Lipinski definition) is 2. The van der Waals surface area contributed by atoms with Crippen LogP contribution in [0, 0.1) is 11.8 Å². The van der Waals surface area contributed by atoms with E-state index in [0.717, 1.165) is 37.3 Å². The van der Waals surface area contributed by atoms with E-state index in [-0.39, 0.29) is 24.0 Å². The summed E-state index contributed by atoms with van der Waals surface area (Å²) in [5.74, 6) is 2.41. The van der Waals surface area contributed by atoms with Gasteiger partial charge in [0, 0.05) is 33.2 Å². The van der Waals surface area contributed by atoms with Crippen molar-refractivity contribution in [2.24, 2.45) is 16.8 Å². The van der Waals surface area contributed by atoms with Gasteiger partial charge in [-0.05, 0) is 36.8 Å². The van der Waals surface area contributed by atoms with E-state index in [2.05, 4.69) is 64.7 Å². The van der Waals surface area contributed by atoms with Crippen LogP contribution in [0.4, 0.5) is 0 Å². The van der Waals surface area contributed by atoms with Crippen LogP contribution in [0.3, 0.4) is 0 Å². The monoisotopic (exact) mass is 472 g/mol. The standard InChI is InChI=1S/C21H36N4.HI/c1-4-18(5-2)15-23-21(22-3)24-16-20-12-14-25(17-20)13-11-19-9-7-6-8-10-19;/h6-10,18,20H,4-5,11-17H2,1-3H3,(H2,22,23,24);1H. The molecular weight excluding hydrogens is 435 g/mol. The Hall–Kier alpha value is -0.820. The van der Waals surface area contributed by atoms with E-state index < -0.39 is 0 Å². The van der Waals surface area contributed by atoms with Crippen molar-refractivity contribution < 1.29 is 0 Å². The van der Waals surface area contributed by atoms with Crippen LogP contribution in [0.15, 0.2) is 35.3 Å². The average Bonchev–Trinajstić information content (AvgIpc) is 3.12. The summed E-state index contributed by atoms with van der Waals surface area (Å²) >= 11 is 0. The fraction of sp³-hybridized carbons (Fsp3) is 0.667. The molecule has 5 heteroatoms. The van der Waals surface area contributed by atoms with Crippen LogP contribution in [0.1, 0.15) is 38.7 Å². The molecule has 4 nitrogen and oxygen atoms in total. The summed E-state index contributed by atoms with van der Waals surface area (Å²) in [4.78, 5) is 6.96. The SMILES string of the molecule is CCC(CC)CNC(=NC)NCC1CCN(CCc2ccccc2)C1.I. The molecular formula is C21H37IN4. The van der Waals surface area contributed by atoms with Gasteiger partial charge in [0.05, 0.1) is 0 Å². The molecule has 1 atom stereocenters. The Bertz CT molecular complexity index is 502. The third-order valence-electron chi connectivity index (χ3n) is 5.42. The van der Waals surface area contributed by atoms with E-state index in [1.165, 1.54) is 44.5 Å². The minimum absolute atomic E-state index is 0. The van der Waals surface area contributed by atoms with Gasteiger partial charge in [-0.25, -0.2) is 0 Å². The molecule has 148 valence electrons. The molecule has 0 saturated carbocycles. The number of nitrogens with zero attached hydrogens (tertiary/aromatic N) is 2. The molecule has 1 saturated heterocycles. The first-order chi connectivity index (χ1) is 12.2. The fourth-order valence-corrected chi connectivity index (χ4v) is 3.49. The molecule has 0 aromatic heterocycles. The van der Waals surface area contributed by atoms with Crippen LogP contribution in [-0.4, -0.2) is 50.6 Å². The summed E-state index contributed by atoms with van der Waals surface area (Å²) in [5, 5.41) is 7.00. The number of benzene rings is 1. The Morgan fingerprint density at radius 3 is 2.58 bits per heavy atom. The van der Waals surface area contributed by atoms with Gasteiger partial charge in [-0.2, -0.15) is 0 Å². The van der Waals surface area contributed by atoms with Gasteiger partial charge in [0.1, 0.15) is 0 Å². The molecule has 0 radical (unpaired) electrons. The van der Waals surface area contributed by atoms with Crippen LogP contribution >= 0.6 is 24.0 Å². The highest BCUT2D eigenvalue weighted by atomic mass is 127. The number of likely N-dealkylation sites (tertiary alicyclic amines) is 1. The first-order valence-electron chi connectivity index (χ1n) is 9.95. The normalized spacial score (nSPS) is 18.0. The third-order valence-corrected chi connectivity index (χ3v) is 5.42. The summed E-state index contributed by atoms with van der Waals surface area (Å²) in [5.41, 5.74) is 1.44. The van der Waals surface area contributed by atoms with Gasteiger partial charge < -0.3 is 15.5 Å². The second-order valence-corrected chi connectivity index (χ2v) is 7.21. The number of guanidine groups is 1. The number of nitrogens with one attached hydrogen (secondary N) is 2. The van der Waals surface area contributed by atoms with Gasteiger partial charge >= 0.3 is 0 Å². The molecule has 1 unspecified atom stereocenters. The molecule has 0 spiro atoms. The van der Waals surface area contributed by atoms with E-state index in [1.54, 1.807) is 0 Å². The maximum absolute atomic E-state index is 4.37. The number of hydrogen-bond acceptors (Lipinski definition) is 2. The Labute approximate surface area is 177 Å². The zero-order valence-electron chi connectivity index (χ0n) is 16.7. The predicted molar refractivity (Wildman–Crippen MR) is 124 cm³/mol. The zero-order valence-corrected chi connectivity index (χ0v) is 19.0. The lowest BCUT2D eigenvalue weighted by atomic mass is 10.0. The van der Waals surface area contributed by atoms with Crippen LogP contribution < -0.4 is 10.6 Å². The van der Waals surface area contributed by atoms with Crippen molar-refractivity contribution in [1.29, 1.82) is 0 Å². The van der Waals surface area contributed by atoms with Crippen LogP contribution in [0.5, 0.6) is 0 Å². The minimum atomic E-state index is 0. The maximum Gasteiger partial charge on any atom is 0.190 e. The number of halogens is 1.